The van der Waals surface area contributed by atoms with Crippen LogP contribution in [0.25, 0.3) is 0 Å². The Morgan fingerprint density at radius 3 is 2.41 bits per heavy atom. The average Bonchev–Trinajstić information content (AvgIpc) is 2.61. The molecule has 1 heterocycles. The molecule has 0 unspecified atom stereocenters. The number of rotatable bonds is 6. The van der Waals surface area contributed by atoms with Gasteiger partial charge in [-0.15, -0.1) is 0 Å². The van der Waals surface area contributed by atoms with Crippen molar-refractivity contribution in [2.45, 2.75) is 52.2 Å². The zero-order chi connectivity index (χ0) is 19.9. The first kappa shape index (κ1) is 21.2. The number of piperidine rings is 1. The molecule has 1 fully saturated rings. The van der Waals surface area contributed by atoms with Crippen molar-refractivity contribution in [1.82, 2.24) is 4.90 Å². The molecule has 0 saturated carbocycles. The van der Waals surface area contributed by atoms with Gasteiger partial charge in [0.05, 0.1) is 18.4 Å². The highest BCUT2D eigenvalue weighted by Gasteiger charge is 2.27. The molecule has 0 bridgehead atoms. The van der Waals surface area contributed by atoms with E-state index in [1.54, 1.807) is 24.0 Å². The van der Waals surface area contributed by atoms with Crippen molar-refractivity contribution in [3.63, 3.8) is 0 Å². The summed E-state index contributed by atoms with van der Waals surface area (Å²) in [6.07, 6.45) is 1.39. The minimum Gasteiger partial charge on any atom is -0.444 e. The van der Waals surface area contributed by atoms with E-state index in [4.69, 9.17) is 14.3 Å². The Hall–Kier alpha value is -2.15. The van der Waals surface area contributed by atoms with Crippen molar-refractivity contribution in [2.24, 2.45) is 5.16 Å². The molecule has 1 amide bonds. The minimum atomic E-state index is -0.478. The molecule has 0 aliphatic carbocycles. The lowest BCUT2D eigenvalue weighted by atomic mass is 10.1. The molecule has 2 rings (SSSR count). The lowest BCUT2D eigenvalue weighted by Crippen LogP contribution is -2.43. The first-order chi connectivity index (χ1) is 12.7. The number of hydrogen-bond donors (Lipinski definition) is 0. The van der Waals surface area contributed by atoms with Gasteiger partial charge in [-0.3, -0.25) is 0 Å². The SMILES string of the molecule is C/C(=N/OCCOC1CCN(C(=O)OC(C)(C)C)CC1)c1ccc(F)cc1. The van der Waals surface area contributed by atoms with Crippen LogP contribution in [0.3, 0.4) is 0 Å². The first-order valence-electron chi connectivity index (χ1n) is 9.26. The standard InChI is InChI=1S/C20H29FN2O4/c1-15(16-5-7-17(21)8-6-16)22-26-14-13-25-18-9-11-23(12-10-18)19(24)27-20(2,3)4/h5-8,18H,9-14H2,1-4H3/b22-15-. The van der Waals surface area contributed by atoms with E-state index in [0.717, 1.165) is 18.4 Å². The lowest BCUT2D eigenvalue weighted by molar-refractivity contribution is -0.0287. The molecule has 1 aromatic carbocycles. The van der Waals surface area contributed by atoms with Gasteiger partial charge in [0.25, 0.3) is 0 Å². The van der Waals surface area contributed by atoms with Gasteiger partial charge in [-0.1, -0.05) is 17.3 Å². The van der Waals surface area contributed by atoms with Crippen LogP contribution in [0.5, 0.6) is 0 Å². The van der Waals surface area contributed by atoms with Crippen LogP contribution >= 0.6 is 0 Å². The second-order valence-electron chi connectivity index (χ2n) is 7.55. The van der Waals surface area contributed by atoms with Gasteiger partial charge in [0.2, 0.25) is 0 Å². The molecule has 1 aliphatic heterocycles. The lowest BCUT2D eigenvalue weighted by Gasteiger charge is -2.33. The molecule has 150 valence electrons. The zero-order valence-electron chi connectivity index (χ0n) is 16.5. The van der Waals surface area contributed by atoms with Crippen LogP contribution in [0.1, 0.15) is 46.1 Å². The first-order valence-corrected chi connectivity index (χ1v) is 9.26. The molecular formula is C20H29FN2O4. The van der Waals surface area contributed by atoms with Gasteiger partial charge < -0.3 is 19.2 Å². The van der Waals surface area contributed by atoms with Crippen molar-refractivity contribution in [2.75, 3.05) is 26.3 Å². The molecule has 0 atom stereocenters. The number of oxime groups is 1. The Labute approximate surface area is 160 Å². The number of carbonyl (C=O) groups excluding carboxylic acids is 1. The largest absolute Gasteiger partial charge is 0.444 e. The summed E-state index contributed by atoms with van der Waals surface area (Å²) in [6, 6.07) is 6.10. The predicted octanol–water partition coefficient (Wildman–Crippen LogP) is 3.98. The average molecular weight is 380 g/mol. The molecule has 0 spiro atoms. The van der Waals surface area contributed by atoms with Gasteiger partial charge in [-0.25, -0.2) is 9.18 Å². The van der Waals surface area contributed by atoms with E-state index < -0.39 is 5.60 Å². The van der Waals surface area contributed by atoms with Crippen molar-refractivity contribution >= 4 is 11.8 Å². The van der Waals surface area contributed by atoms with Crippen LogP contribution in [-0.2, 0) is 14.3 Å². The van der Waals surface area contributed by atoms with Crippen LogP contribution in [0, 0.1) is 5.82 Å². The van der Waals surface area contributed by atoms with Gasteiger partial charge >= 0.3 is 6.09 Å². The Kier molecular flexibility index (Phi) is 7.59. The molecule has 1 saturated heterocycles. The second kappa shape index (κ2) is 9.69. The fourth-order valence-electron chi connectivity index (χ4n) is 2.67. The summed E-state index contributed by atoms with van der Waals surface area (Å²) in [5, 5.41) is 4.02. The van der Waals surface area contributed by atoms with Crippen LogP contribution in [0.15, 0.2) is 29.4 Å². The van der Waals surface area contributed by atoms with Crippen LogP contribution in [0.2, 0.25) is 0 Å². The molecule has 0 N–H and O–H groups in total. The third-order valence-electron chi connectivity index (χ3n) is 4.09. The Morgan fingerprint density at radius 2 is 1.81 bits per heavy atom. The number of hydrogen-bond acceptors (Lipinski definition) is 5. The number of halogens is 1. The maximum atomic E-state index is 12.9. The highest BCUT2D eigenvalue weighted by atomic mass is 19.1. The number of carbonyl (C=O) groups is 1. The number of nitrogens with zero attached hydrogens (tertiary/aromatic N) is 2. The smallest absolute Gasteiger partial charge is 0.410 e. The predicted molar refractivity (Wildman–Crippen MR) is 101 cm³/mol. The van der Waals surface area contributed by atoms with Crippen molar-refractivity contribution < 1.29 is 23.5 Å². The summed E-state index contributed by atoms with van der Waals surface area (Å²) in [5.74, 6) is -0.279. The summed E-state index contributed by atoms with van der Waals surface area (Å²) < 4.78 is 24.1. The van der Waals surface area contributed by atoms with Crippen LogP contribution in [-0.4, -0.2) is 54.7 Å². The fraction of sp³-hybridized carbons (Fsp3) is 0.600. The maximum absolute atomic E-state index is 12.9. The van der Waals surface area contributed by atoms with Gasteiger partial charge in [-0.2, -0.15) is 0 Å². The third-order valence-corrected chi connectivity index (χ3v) is 4.09. The molecule has 0 aromatic heterocycles. The molecular weight excluding hydrogens is 351 g/mol. The second-order valence-corrected chi connectivity index (χ2v) is 7.55. The van der Waals surface area contributed by atoms with E-state index >= 15 is 0 Å². The van der Waals surface area contributed by atoms with Gasteiger partial charge in [-0.05, 0) is 58.2 Å². The highest BCUT2D eigenvalue weighted by Crippen LogP contribution is 2.17. The quantitative estimate of drug-likeness (QED) is 0.425. The third kappa shape index (κ3) is 7.54. The number of benzene rings is 1. The Bertz CT molecular complexity index is 632. The summed E-state index contributed by atoms with van der Waals surface area (Å²) in [5.41, 5.74) is 1.02. The molecule has 7 heteroatoms. The molecule has 1 aliphatic rings. The highest BCUT2D eigenvalue weighted by molar-refractivity contribution is 5.98. The van der Waals surface area contributed by atoms with E-state index in [9.17, 15) is 9.18 Å². The minimum absolute atomic E-state index is 0.106. The summed E-state index contributed by atoms with van der Waals surface area (Å²) in [4.78, 5) is 19.0. The summed E-state index contributed by atoms with van der Waals surface area (Å²) in [6.45, 7) is 9.41. The van der Waals surface area contributed by atoms with E-state index in [0.29, 0.717) is 32.0 Å². The zero-order valence-corrected chi connectivity index (χ0v) is 16.5. The maximum Gasteiger partial charge on any atom is 0.410 e. The Morgan fingerprint density at radius 1 is 1.19 bits per heavy atom. The Balaban J connectivity index is 1.62. The normalized spacial score (nSPS) is 16.3. The van der Waals surface area contributed by atoms with Gasteiger partial charge in [0.15, 0.2) is 0 Å². The number of amides is 1. The van der Waals surface area contributed by atoms with Crippen LogP contribution < -0.4 is 0 Å². The van der Waals surface area contributed by atoms with E-state index in [1.807, 2.05) is 20.8 Å². The van der Waals surface area contributed by atoms with E-state index in [1.165, 1.54) is 12.1 Å². The summed E-state index contributed by atoms with van der Waals surface area (Å²) >= 11 is 0. The van der Waals surface area contributed by atoms with Gasteiger partial charge in [0, 0.05) is 13.1 Å². The molecule has 1 aromatic rings. The fourth-order valence-corrected chi connectivity index (χ4v) is 2.67. The van der Waals surface area contributed by atoms with Crippen molar-refractivity contribution in [3.8, 4) is 0 Å². The monoisotopic (exact) mass is 380 g/mol. The number of ether oxygens (including phenoxy) is 2. The topological polar surface area (TPSA) is 60.4 Å². The van der Waals surface area contributed by atoms with Crippen molar-refractivity contribution in [3.05, 3.63) is 35.6 Å². The molecule has 6 nitrogen and oxygen atoms in total. The van der Waals surface area contributed by atoms with Crippen LogP contribution in [0.4, 0.5) is 9.18 Å². The summed E-state index contributed by atoms with van der Waals surface area (Å²) in [7, 11) is 0. The number of likely N-dealkylation sites (tertiary alicyclic amines) is 1. The molecule has 27 heavy (non-hydrogen) atoms. The van der Waals surface area contributed by atoms with E-state index in [-0.39, 0.29) is 18.0 Å². The van der Waals surface area contributed by atoms with E-state index in [2.05, 4.69) is 5.16 Å². The molecule has 0 radical (unpaired) electrons. The van der Waals surface area contributed by atoms with Gasteiger partial charge in [0.1, 0.15) is 18.0 Å². The van der Waals surface area contributed by atoms with Crippen molar-refractivity contribution in [1.29, 1.82) is 0 Å².